The Hall–Kier alpha value is -1.78. The van der Waals surface area contributed by atoms with E-state index in [0.29, 0.717) is 18.1 Å². The number of ether oxygens (including phenoxy) is 1. The molecule has 2 atom stereocenters. The number of aromatic nitrogens is 1. The molecule has 1 aliphatic rings. The second-order valence-electron chi connectivity index (χ2n) is 5.23. The third-order valence-corrected chi connectivity index (χ3v) is 3.92. The Labute approximate surface area is 128 Å². The van der Waals surface area contributed by atoms with Crippen molar-refractivity contribution in [1.82, 2.24) is 4.98 Å². The Morgan fingerprint density at radius 1 is 1.24 bits per heavy atom. The van der Waals surface area contributed by atoms with E-state index in [4.69, 9.17) is 16.3 Å². The maximum atomic E-state index is 10.2. The second kappa shape index (κ2) is 5.92. The summed E-state index contributed by atoms with van der Waals surface area (Å²) < 4.78 is 5.87. The molecule has 21 heavy (non-hydrogen) atoms. The van der Waals surface area contributed by atoms with Gasteiger partial charge in [-0.25, -0.2) is 0 Å². The van der Waals surface area contributed by atoms with Crippen LogP contribution in [0.4, 0.5) is 5.69 Å². The van der Waals surface area contributed by atoms with Gasteiger partial charge in [0.2, 0.25) is 0 Å². The fourth-order valence-electron chi connectivity index (χ4n) is 2.65. The third-order valence-electron chi connectivity index (χ3n) is 3.64. The number of benzene rings is 1. The molecule has 0 radical (unpaired) electrons. The number of β-amino-alcohol motifs (C(OH)–C–C–N with tert-alkyl or cyclic N) is 1. The number of halogens is 1. The van der Waals surface area contributed by atoms with Crippen molar-refractivity contribution in [3.8, 4) is 5.75 Å². The highest BCUT2D eigenvalue weighted by Crippen LogP contribution is 2.32. The van der Waals surface area contributed by atoms with E-state index < -0.39 is 6.10 Å². The van der Waals surface area contributed by atoms with Crippen molar-refractivity contribution < 1.29 is 9.84 Å². The first-order valence-corrected chi connectivity index (χ1v) is 7.28. The molecule has 3 rings (SSSR count). The fourth-order valence-corrected chi connectivity index (χ4v) is 2.98. The number of aryl methyl sites for hydroxylation is 1. The zero-order valence-corrected chi connectivity index (χ0v) is 12.5. The van der Waals surface area contributed by atoms with Crippen molar-refractivity contribution in [3.63, 3.8) is 0 Å². The van der Waals surface area contributed by atoms with E-state index in [-0.39, 0.29) is 6.10 Å². The normalized spacial score (nSPS) is 21.6. The maximum absolute atomic E-state index is 10.2. The van der Waals surface area contributed by atoms with Crippen LogP contribution in [0.15, 0.2) is 42.7 Å². The molecule has 110 valence electrons. The van der Waals surface area contributed by atoms with Crippen LogP contribution < -0.4 is 9.64 Å². The smallest absolute Gasteiger partial charge is 0.144 e. The molecule has 0 unspecified atom stereocenters. The SMILES string of the molecule is Cc1cncc(Cl)c1N1C[C@@H](O)[C@H](Oc2ccccc2)C1. The molecule has 0 amide bonds. The Morgan fingerprint density at radius 2 is 2.00 bits per heavy atom. The van der Waals surface area contributed by atoms with Gasteiger partial charge in [-0.1, -0.05) is 29.8 Å². The molecule has 4 nitrogen and oxygen atoms in total. The molecule has 2 heterocycles. The molecular weight excluding hydrogens is 288 g/mol. The van der Waals surface area contributed by atoms with Crippen LogP contribution in [0.1, 0.15) is 5.56 Å². The van der Waals surface area contributed by atoms with Crippen LogP contribution in [0.5, 0.6) is 5.75 Å². The van der Waals surface area contributed by atoms with Gasteiger partial charge >= 0.3 is 0 Å². The van der Waals surface area contributed by atoms with Crippen LogP contribution in [0.2, 0.25) is 5.02 Å². The van der Waals surface area contributed by atoms with E-state index in [9.17, 15) is 5.11 Å². The summed E-state index contributed by atoms with van der Waals surface area (Å²) in [5, 5.41) is 10.8. The molecule has 5 heteroatoms. The highest BCUT2D eigenvalue weighted by atomic mass is 35.5. The van der Waals surface area contributed by atoms with E-state index in [1.54, 1.807) is 12.4 Å². The highest BCUT2D eigenvalue weighted by molar-refractivity contribution is 6.33. The van der Waals surface area contributed by atoms with E-state index in [0.717, 1.165) is 17.0 Å². The summed E-state index contributed by atoms with van der Waals surface area (Å²) in [7, 11) is 0. The lowest BCUT2D eigenvalue weighted by molar-refractivity contribution is 0.0738. The predicted molar refractivity (Wildman–Crippen MR) is 83.1 cm³/mol. The fraction of sp³-hybridized carbons (Fsp3) is 0.312. The van der Waals surface area contributed by atoms with Crippen molar-refractivity contribution in [3.05, 3.63) is 53.3 Å². The monoisotopic (exact) mass is 304 g/mol. The molecule has 1 aromatic carbocycles. The summed E-state index contributed by atoms with van der Waals surface area (Å²) in [6, 6.07) is 9.54. The average molecular weight is 305 g/mol. The molecule has 0 bridgehead atoms. The van der Waals surface area contributed by atoms with Gasteiger partial charge in [-0.05, 0) is 24.6 Å². The Kier molecular flexibility index (Phi) is 3.99. The molecule has 1 aromatic heterocycles. The number of aliphatic hydroxyl groups excluding tert-OH is 1. The first-order chi connectivity index (χ1) is 10.1. The van der Waals surface area contributed by atoms with Crippen LogP contribution in [0, 0.1) is 6.92 Å². The molecule has 2 aromatic rings. The van der Waals surface area contributed by atoms with E-state index in [2.05, 4.69) is 9.88 Å². The zero-order valence-electron chi connectivity index (χ0n) is 11.7. The Balaban J connectivity index is 1.77. The van der Waals surface area contributed by atoms with Gasteiger partial charge in [0.05, 0.1) is 17.3 Å². The van der Waals surface area contributed by atoms with Crippen LogP contribution in [0.3, 0.4) is 0 Å². The van der Waals surface area contributed by atoms with Crippen molar-refractivity contribution >= 4 is 17.3 Å². The van der Waals surface area contributed by atoms with Crippen molar-refractivity contribution in [2.24, 2.45) is 0 Å². The topological polar surface area (TPSA) is 45.6 Å². The summed E-state index contributed by atoms with van der Waals surface area (Å²) in [5.41, 5.74) is 1.92. The van der Waals surface area contributed by atoms with Crippen LogP contribution in [-0.2, 0) is 0 Å². The molecule has 1 aliphatic heterocycles. The molecule has 0 aliphatic carbocycles. The summed E-state index contributed by atoms with van der Waals surface area (Å²) in [4.78, 5) is 6.12. The lowest BCUT2D eigenvalue weighted by Gasteiger charge is -2.21. The first kappa shape index (κ1) is 14.2. The Morgan fingerprint density at radius 3 is 2.71 bits per heavy atom. The lowest BCUT2D eigenvalue weighted by atomic mass is 10.2. The molecule has 1 N–H and O–H groups in total. The number of anilines is 1. The number of pyridine rings is 1. The minimum absolute atomic E-state index is 0.268. The average Bonchev–Trinajstić information content (AvgIpc) is 2.81. The van der Waals surface area contributed by atoms with Gasteiger partial charge in [-0.15, -0.1) is 0 Å². The van der Waals surface area contributed by atoms with Gasteiger partial charge in [-0.2, -0.15) is 0 Å². The summed E-state index contributed by atoms with van der Waals surface area (Å²) in [5.74, 6) is 0.765. The maximum Gasteiger partial charge on any atom is 0.144 e. The van der Waals surface area contributed by atoms with Gasteiger partial charge in [0.25, 0.3) is 0 Å². The molecule has 0 saturated carbocycles. The van der Waals surface area contributed by atoms with Gasteiger partial charge in [0.1, 0.15) is 18.0 Å². The van der Waals surface area contributed by atoms with Crippen LogP contribution >= 0.6 is 11.6 Å². The molecule has 1 fully saturated rings. The third kappa shape index (κ3) is 2.96. The standard InChI is InChI=1S/C16H17ClN2O2/c1-11-7-18-8-13(17)16(11)19-9-14(20)15(10-19)21-12-5-3-2-4-6-12/h2-8,14-15,20H,9-10H2,1H3/t14-,15-/m1/s1. The lowest BCUT2D eigenvalue weighted by Crippen LogP contribution is -2.29. The van der Waals surface area contributed by atoms with Crippen LogP contribution in [0.25, 0.3) is 0 Å². The minimum atomic E-state index is -0.547. The summed E-state index contributed by atoms with van der Waals surface area (Å²) in [6.45, 7) is 3.06. The number of hydrogen-bond acceptors (Lipinski definition) is 4. The quantitative estimate of drug-likeness (QED) is 0.947. The molecule has 1 saturated heterocycles. The zero-order chi connectivity index (χ0) is 14.8. The first-order valence-electron chi connectivity index (χ1n) is 6.90. The summed E-state index contributed by atoms with van der Waals surface area (Å²) in [6.07, 6.45) is 2.59. The van der Waals surface area contributed by atoms with E-state index in [1.807, 2.05) is 37.3 Å². The number of para-hydroxylation sites is 1. The Bertz CT molecular complexity index is 601. The molecule has 0 spiro atoms. The number of hydrogen-bond donors (Lipinski definition) is 1. The van der Waals surface area contributed by atoms with Crippen molar-refractivity contribution in [2.75, 3.05) is 18.0 Å². The number of nitrogens with zero attached hydrogens (tertiary/aromatic N) is 2. The minimum Gasteiger partial charge on any atom is -0.486 e. The number of rotatable bonds is 3. The van der Waals surface area contributed by atoms with E-state index >= 15 is 0 Å². The van der Waals surface area contributed by atoms with Crippen LogP contribution in [-0.4, -0.2) is 35.4 Å². The largest absolute Gasteiger partial charge is 0.486 e. The van der Waals surface area contributed by atoms with Crippen molar-refractivity contribution in [1.29, 1.82) is 0 Å². The second-order valence-corrected chi connectivity index (χ2v) is 5.64. The number of aliphatic hydroxyl groups is 1. The highest BCUT2D eigenvalue weighted by Gasteiger charge is 2.34. The van der Waals surface area contributed by atoms with E-state index in [1.165, 1.54) is 0 Å². The van der Waals surface area contributed by atoms with Gasteiger partial charge in [-0.3, -0.25) is 4.98 Å². The molecular formula is C16H17ClN2O2. The van der Waals surface area contributed by atoms with Gasteiger partial charge < -0.3 is 14.7 Å². The van der Waals surface area contributed by atoms with Crippen molar-refractivity contribution in [2.45, 2.75) is 19.1 Å². The summed E-state index contributed by atoms with van der Waals surface area (Å²) >= 11 is 6.24. The van der Waals surface area contributed by atoms with Gasteiger partial charge in [0, 0.05) is 18.9 Å². The predicted octanol–water partition coefficient (Wildman–Crippen LogP) is 2.67. The van der Waals surface area contributed by atoms with Gasteiger partial charge in [0.15, 0.2) is 0 Å².